The molecular weight excluding hydrogens is 344 g/mol. The second kappa shape index (κ2) is 7.37. The van der Waals surface area contributed by atoms with E-state index in [1.165, 1.54) is 18.2 Å². The monoisotopic (exact) mass is 363 g/mol. The van der Waals surface area contributed by atoms with Gasteiger partial charge in [-0.25, -0.2) is 13.6 Å². The minimum atomic E-state index is -1.12. The average molecular weight is 363 g/mol. The van der Waals surface area contributed by atoms with Crippen molar-refractivity contribution < 1.29 is 28.2 Å². The largest absolute Gasteiger partial charge is 0.478 e. The number of carboxylic acids is 1. The molecule has 1 aromatic heterocycles. The lowest BCUT2D eigenvalue weighted by Gasteiger charge is -2.20. The van der Waals surface area contributed by atoms with Crippen LogP contribution in [-0.2, 0) is 17.9 Å². The van der Waals surface area contributed by atoms with E-state index >= 15 is 0 Å². The summed E-state index contributed by atoms with van der Waals surface area (Å²) in [5, 5.41) is 9.34. The van der Waals surface area contributed by atoms with E-state index in [1.54, 1.807) is 4.57 Å². The summed E-state index contributed by atoms with van der Waals surface area (Å²) in [7, 11) is 0. The molecule has 0 saturated heterocycles. The fourth-order valence-corrected chi connectivity index (χ4v) is 3.38. The van der Waals surface area contributed by atoms with Crippen LogP contribution < -0.4 is 0 Å². The topological polar surface area (TPSA) is 68.5 Å². The van der Waals surface area contributed by atoms with E-state index in [1.807, 2.05) is 6.92 Å². The van der Waals surface area contributed by atoms with Gasteiger partial charge in [0.2, 0.25) is 0 Å². The van der Waals surface area contributed by atoms with Crippen molar-refractivity contribution in [1.29, 1.82) is 0 Å². The van der Waals surface area contributed by atoms with Crippen LogP contribution in [0.3, 0.4) is 0 Å². The normalized spacial score (nSPS) is 14.7. The van der Waals surface area contributed by atoms with Gasteiger partial charge in [-0.3, -0.25) is 4.79 Å². The number of ether oxygens (including phenoxy) is 1. The molecule has 1 atom stereocenters. The molecular formula is C19H19F2NO4. The SMILES string of the molecule is CC[C@@H](CC(=O)c1cc(C(=O)O)c2n1CCOC2)c1ccc(F)cc1F. The zero-order valence-electron chi connectivity index (χ0n) is 14.3. The fourth-order valence-electron chi connectivity index (χ4n) is 3.38. The third-order valence-electron chi connectivity index (χ3n) is 4.75. The Morgan fingerprint density at radius 2 is 2.08 bits per heavy atom. The highest BCUT2D eigenvalue weighted by Gasteiger charge is 2.27. The number of hydrogen-bond donors (Lipinski definition) is 1. The molecule has 0 saturated carbocycles. The summed E-state index contributed by atoms with van der Waals surface area (Å²) in [6.07, 6.45) is 0.513. The molecule has 2 aromatic rings. The highest BCUT2D eigenvalue weighted by atomic mass is 19.1. The number of aromatic nitrogens is 1. The number of benzene rings is 1. The van der Waals surface area contributed by atoms with Crippen molar-refractivity contribution in [2.45, 2.75) is 38.8 Å². The van der Waals surface area contributed by atoms with Gasteiger partial charge in [-0.15, -0.1) is 0 Å². The number of nitrogens with zero attached hydrogens (tertiary/aromatic N) is 1. The molecule has 1 aromatic carbocycles. The Morgan fingerprint density at radius 3 is 2.73 bits per heavy atom. The van der Waals surface area contributed by atoms with Gasteiger partial charge in [-0.05, 0) is 30.0 Å². The lowest BCUT2D eigenvalue weighted by molar-refractivity contribution is 0.0657. The zero-order chi connectivity index (χ0) is 18.8. The average Bonchev–Trinajstić information content (AvgIpc) is 3.00. The van der Waals surface area contributed by atoms with Crippen molar-refractivity contribution in [3.8, 4) is 0 Å². The number of carbonyl (C=O) groups excluding carboxylic acids is 1. The Hall–Kier alpha value is -2.54. The molecule has 138 valence electrons. The van der Waals surface area contributed by atoms with Gasteiger partial charge < -0.3 is 14.4 Å². The highest BCUT2D eigenvalue weighted by Crippen LogP contribution is 2.29. The predicted molar refractivity (Wildman–Crippen MR) is 89.4 cm³/mol. The Bertz CT molecular complexity index is 859. The summed E-state index contributed by atoms with van der Waals surface area (Å²) in [6, 6.07) is 4.70. The minimum absolute atomic E-state index is 0.0163. The summed E-state index contributed by atoms with van der Waals surface area (Å²) >= 11 is 0. The number of halogens is 2. The van der Waals surface area contributed by atoms with Gasteiger partial charge in [0.1, 0.15) is 11.6 Å². The van der Waals surface area contributed by atoms with Crippen LogP contribution in [-0.4, -0.2) is 28.0 Å². The van der Waals surface area contributed by atoms with Crippen molar-refractivity contribution in [2.24, 2.45) is 0 Å². The Kier molecular flexibility index (Phi) is 5.18. The predicted octanol–water partition coefficient (Wildman–Crippen LogP) is 3.76. The van der Waals surface area contributed by atoms with Crippen molar-refractivity contribution in [2.75, 3.05) is 6.61 Å². The molecule has 3 rings (SSSR count). The molecule has 0 amide bonds. The molecule has 2 heterocycles. The van der Waals surface area contributed by atoms with E-state index in [-0.39, 0.29) is 29.9 Å². The molecule has 1 N–H and O–H groups in total. The van der Waals surface area contributed by atoms with Gasteiger partial charge in [-0.2, -0.15) is 0 Å². The Balaban J connectivity index is 1.90. The quantitative estimate of drug-likeness (QED) is 0.794. The van der Waals surface area contributed by atoms with Crippen LogP contribution in [0.4, 0.5) is 8.78 Å². The summed E-state index contributed by atoms with van der Waals surface area (Å²) in [4.78, 5) is 24.2. The summed E-state index contributed by atoms with van der Waals surface area (Å²) < 4.78 is 34.2. The van der Waals surface area contributed by atoms with Crippen LogP contribution in [0.5, 0.6) is 0 Å². The van der Waals surface area contributed by atoms with Crippen molar-refractivity contribution in [1.82, 2.24) is 4.57 Å². The number of ketones is 1. The van der Waals surface area contributed by atoms with Crippen molar-refractivity contribution >= 4 is 11.8 Å². The van der Waals surface area contributed by atoms with Gasteiger partial charge in [0, 0.05) is 19.0 Å². The van der Waals surface area contributed by atoms with Crippen LogP contribution in [0, 0.1) is 11.6 Å². The molecule has 26 heavy (non-hydrogen) atoms. The van der Waals surface area contributed by atoms with E-state index in [4.69, 9.17) is 4.74 Å². The molecule has 1 aliphatic rings. The second-order valence-corrected chi connectivity index (χ2v) is 6.30. The summed E-state index contributed by atoms with van der Waals surface area (Å²) in [5.74, 6) is -3.14. The number of aromatic carboxylic acids is 1. The number of carbonyl (C=O) groups is 2. The molecule has 0 radical (unpaired) electrons. The van der Waals surface area contributed by atoms with Gasteiger partial charge in [0.25, 0.3) is 0 Å². The van der Waals surface area contributed by atoms with Crippen LogP contribution in [0.2, 0.25) is 0 Å². The molecule has 7 heteroatoms. The molecule has 1 aliphatic heterocycles. The highest BCUT2D eigenvalue weighted by molar-refractivity contribution is 5.99. The molecule has 0 aliphatic carbocycles. The van der Waals surface area contributed by atoms with E-state index < -0.39 is 23.5 Å². The standard InChI is InChI=1S/C19H19F2NO4/c1-2-11(13-4-3-12(20)8-15(13)21)7-18(23)16-9-14(19(24)25)17-10-26-6-5-22(16)17/h3-4,8-9,11H,2,5-7,10H2,1H3,(H,24,25)/t11-/m0/s1. The maximum absolute atomic E-state index is 14.1. The first-order valence-electron chi connectivity index (χ1n) is 8.44. The fraction of sp³-hybridized carbons (Fsp3) is 0.368. The van der Waals surface area contributed by atoms with Crippen molar-refractivity contribution in [3.63, 3.8) is 0 Å². The van der Waals surface area contributed by atoms with Crippen LogP contribution >= 0.6 is 0 Å². The molecule has 0 bridgehead atoms. The van der Waals surface area contributed by atoms with E-state index in [0.29, 0.717) is 31.0 Å². The third kappa shape index (κ3) is 3.39. The van der Waals surface area contributed by atoms with Crippen LogP contribution in [0.15, 0.2) is 24.3 Å². The van der Waals surface area contributed by atoms with Crippen LogP contribution in [0.1, 0.15) is 57.8 Å². The second-order valence-electron chi connectivity index (χ2n) is 6.30. The molecule has 0 unspecified atom stereocenters. The van der Waals surface area contributed by atoms with E-state index in [9.17, 15) is 23.5 Å². The third-order valence-corrected chi connectivity index (χ3v) is 4.75. The molecule has 5 nitrogen and oxygen atoms in total. The number of hydrogen-bond acceptors (Lipinski definition) is 3. The first kappa shape index (κ1) is 18.3. The van der Waals surface area contributed by atoms with Gasteiger partial charge >= 0.3 is 5.97 Å². The minimum Gasteiger partial charge on any atom is -0.478 e. The smallest absolute Gasteiger partial charge is 0.337 e. The maximum Gasteiger partial charge on any atom is 0.337 e. The maximum atomic E-state index is 14.1. The lowest BCUT2D eigenvalue weighted by atomic mass is 9.90. The van der Waals surface area contributed by atoms with Crippen molar-refractivity contribution in [3.05, 3.63) is 58.4 Å². The van der Waals surface area contributed by atoms with Crippen LogP contribution in [0.25, 0.3) is 0 Å². The molecule has 0 spiro atoms. The molecule has 0 fully saturated rings. The first-order chi connectivity index (χ1) is 12.4. The Morgan fingerprint density at radius 1 is 1.31 bits per heavy atom. The Labute approximate surface area is 149 Å². The zero-order valence-corrected chi connectivity index (χ0v) is 14.3. The number of fused-ring (bicyclic) bond motifs is 1. The van der Waals surface area contributed by atoms with Gasteiger partial charge in [-0.1, -0.05) is 13.0 Å². The van der Waals surface area contributed by atoms with E-state index in [0.717, 1.165) is 6.07 Å². The summed E-state index contributed by atoms with van der Waals surface area (Å²) in [6.45, 7) is 2.75. The van der Waals surface area contributed by atoms with E-state index in [2.05, 4.69) is 0 Å². The summed E-state index contributed by atoms with van der Waals surface area (Å²) in [5.41, 5.74) is 1.10. The number of Topliss-reactive ketones (excluding diaryl/α,β-unsaturated/α-hetero) is 1. The lowest BCUT2D eigenvalue weighted by Crippen LogP contribution is -2.22. The van der Waals surface area contributed by atoms with Gasteiger partial charge in [0.15, 0.2) is 5.78 Å². The first-order valence-corrected chi connectivity index (χ1v) is 8.44. The van der Waals surface area contributed by atoms with Gasteiger partial charge in [0.05, 0.1) is 30.2 Å². The number of rotatable bonds is 6. The number of carboxylic acid groups (broad SMARTS) is 1.